The molecular formula is C21H19ClN2O4. The SMILES string of the molecule is CCOc1ccc(Cl)cc1/C=C1\C(=O)NC(=O)N(c2ccc(C)cc2C)C1=O. The van der Waals surface area contributed by atoms with Crippen molar-refractivity contribution in [2.45, 2.75) is 20.8 Å². The molecule has 3 rings (SSSR count). The molecule has 1 aliphatic rings. The first-order chi connectivity index (χ1) is 13.3. The van der Waals surface area contributed by atoms with E-state index in [4.69, 9.17) is 16.3 Å². The van der Waals surface area contributed by atoms with Gasteiger partial charge >= 0.3 is 6.03 Å². The van der Waals surface area contributed by atoms with Gasteiger partial charge in [-0.25, -0.2) is 9.69 Å². The van der Waals surface area contributed by atoms with Crippen molar-refractivity contribution in [2.75, 3.05) is 11.5 Å². The minimum atomic E-state index is -0.782. The van der Waals surface area contributed by atoms with Crippen molar-refractivity contribution in [3.05, 3.63) is 63.7 Å². The van der Waals surface area contributed by atoms with Gasteiger partial charge in [0.2, 0.25) is 0 Å². The Balaban J connectivity index is 2.08. The molecule has 0 radical (unpaired) electrons. The van der Waals surface area contributed by atoms with Gasteiger partial charge in [0.1, 0.15) is 11.3 Å². The number of halogens is 1. The monoisotopic (exact) mass is 398 g/mol. The van der Waals surface area contributed by atoms with Crippen LogP contribution in [0.5, 0.6) is 5.75 Å². The summed E-state index contributed by atoms with van der Waals surface area (Å²) >= 11 is 6.06. The van der Waals surface area contributed by atoms with Gasteiger partial charge in [-0.05, 0) is 56.7 Å². The van der Waals surface area contributed by atoms with E-state index in [0.29, 0.717) is 28.6 Å². The molecule has 0 bridgehead atoms. The van der Waals surface area contributed by atoms with Gasteiger partial charge in [-0.3, -0.25) is 14.9 Å². The molecule has 1 fully saturated rings. The summed E-state index contributed by atoms with van der Waals surface area (Å²) in [5.41, 5.74) is 2.46. The van der Waals surface area contributed by atoms with E-state index >= 15 is 0 Å². The zero-order chi connectivity index (χ0) is 20.4. The fraction of sp³-hybridized carbons (Fsp3) is 0.190. The zero-order valence-corrected chi connectivity index (χ0v) is 16.5. The fourth-order valence-electron chi connectivity index (χ4n) is 3.01. The highest BCUT2D eigenvalue weighted by molar-refractivity contribution is 6.39. The largest absolute Gasteiger partial charge is 0.493 e. The van der Waals surface area contributed by atoms with E-state index in [0.717, 1.165) is 16.0 Å². The van der Waals surface area contributed by atoms with E-state index in [2.05, 4.69) is 5.32 Å². The average molecular weight is 399 g/mol. The lowest BCUT2D eigenvalue weighted by atomic mass is 10.0. The number of imide groups is 2. The number of hydrogen-bond donors (Lipinski definition) is 1. The predicted octanol–water partition coefficient (Wildman–Crippen LogP) is 4.02. The molecule has 1 heterocycles. The Labute approximate surface area is 167 Å². The summed E-state index contributed by atoms with van der Waals surface area (Å²) in [6.07, 6.45) is 1.39. The number of nitrogens with one attached hydrogen (secondary N) is 1. The molecule has 0 atom stereocenters. The first-order valence-electron chi connectivity index (χ1n) is 8.73. The number of nitrogens with zero attached hydrogens (tertiary/aromatic N) is 1. The number of barbiturate groups is 1. The van der Waals surface area contributed by atoms with E-state index in [1.807, 2.05) is 19.9 Å². The van der Waals surface area contributed by atoms with Gasteiger partial charge in [-0.1, -0.05) is 29.3 Å². The number of carbonyl (C=O) groups excluding carboxylic acids is 3. The van der Waals surface area contributed by atoms with Crippen LogP contribution in [0.3, 0.4) is 0 Å². The Morgan fingerprint density at radius 3 is 2.54 bits per heavy atom. The molecule has 0 aliphatic carbocycles. The average Bonchev–Trinajstić information content (AvgIpc) is 2.62. The topological polar surface area (TPSA) is 75.7 Å². The van der Waals surface area contributed by atoms with E-state index in [9.17, 15) is 14.4 Å². The van der Waals surface area contributed by atoms with Crippen LogP contribution in [0.4, 0.5) is 10.5 Å². The standard InChI is InChI=1S/C21H19ClN2O4/c1-4-28-18-8-6-15(22)10-14(18)11-16-19(25)23-21(27)24(20(16)26)17-7-5-12(2)9-13(17)3/h5-11H,4H2,1-3H3,(H,23,25,27)/b16-11+. The van der Waals surface area contributed by atoms with E-state index < -0.39 is 17.8 Å². The van der Waals surface area contributed by atoms with Gasteiger partial charge in [-0.15, -0.1) is 0 Å². The summed E-state index contributed by atoms with van der Waals surface area (Å²) in [7, 11) is 0. The van der Waals surface area contributed by atoms with Crippen molar-refractivity contribution < 1.29 is 19.1 Å². The third-order valence-electron chi connectivity index (χ3n) is 4.27. The molecule has 4 amide bonds. The van der Waals surface area contributed by atoms with Gasteiger partial charge in [-0.2, -0.15) is 0 Å². The number of anilines is 1. The summed E-state index contributed by atoms with van der Waals surface area (Å²) in [6.45, 7) is 5.95. The molecule has 0 saturated carbocycles. The Morgan fingerprint density at radius 2 is 1.86 bits per heavy atom. The number of hydrogen-bond acceptors (Lipinski definition) is 4. The van der Waals surface area contributed by atoms with Gasteiger partial charge in [0.25, 0.3) is 11.8 Å². The molecule has 0 spiro atoms. The highest BCUT2D eigenvalue weighted by Crippen LogP contribution is 2.29. The maximum Gasteiger partial charge on any atom is 0.335 e. The molecule has 0 aromatic heterocycles. The maximum atomic E-state index is 13.0. The molecule has 28 heavy (non-hydrogen) atoms. The Hall–Kier alpha value is -3.12. The van der Waals surface area contributed by atoms with E-state index in [-0.39, 0.29) is 5.57 Å². The second-order valence-corrected chi connectivity index (χ2v) is 6.80. The number of ether oxygens (including phenoxy) is 1. The van der Waals surface area contributed by atoms with Crippen molar-refractivity contribution in [1.82, 2.24) is 5.32 Å². The Kier molecular flexibility index (Phi) is 5.51. The normalized spacial score (nSPS) is 15.8. The second-order valence-electron chi connectivity index (χ2n) is 6.36. The van der Waals surface area contributed by atoms with Crippen LogP contribution in [0.25, 0.3) is 6.08 Å². The summed E-state index contributed by atoms with van der Waals surface area (Å²) in [4.78, 5) is 38.8. The van der Waals surface area contributed by atoms with Crippen LogP contribution < -0.4 is 15.0 Å². The van der Waals surface area contributed by atoms with Crippen LogP contribution >= 0.6 is 11.6 Å². The van der Waals surface area contributed by atoms with E-state index in [1.54, 1.807) is 37.3 Å². The minimum absolute atomic E-state index is 0.178. The molecule has 0 unspecified atom stereocenters. The summed E-state index contributed by atoms with van der Waals surface area (Å²) in [6, 6.07) is 9.47. The van der Waals surface area contributed by atoms with Crippen molar-refractivity contribution in [1.29, 1.82) is 0 Å². The first kappa shape index (κ1) is 19.6. The van der Waals surface area contributed by atoms with Crippen molar-refractivity contribution in [2.24, 2.45) is 0 Å². The van der Waals surface area contributed by atoms with Crippen LogP contribution in [0.1, 0.15) is 23.6 Å². The quantitative estimate of drug-likeness (QED) is 0.623. The van der Waals surface area contributed by atoms with Crippen LogP contribution in [0.2, 0.25) is 5.02 Å². The Morgan fingerprint density at radius 1 is 1.11 bits per heavy atom. The van der Waals surface area contributed by atoms with E-state index in [1.165, 1.54) is 6.08 Å². The number of carbonyl (C=O) groups is 3. The van der Waals surface area contributed by atoms with Crippen molar-refractivity contribution in [3.63, 3.8) is 0 Å². The van der Waals surface area contributed by atoms with Gasteiger partial charge in [0, 0.05) is 10.6 Å². The van der Waals surface area contributed by atoms with Gasteiger partial charge in [0.15, 0.2) is 0 Å². The molecule has 144 valence electrons. The zero-order valence-electron chi connectivity index (χ0n) is 15.7. The molecule has 1 N–H and O–H groups in total. The number of aryl methyl sites for hydroxylation is 2. The lowest BCUT2D eigenvalue weighted by molar-refractivity contribution is -0.122. The molecular weight excluding hydrogens is 380 g/mol. The second kappa shape index (κ2) is 7.86. The summed E-state index contributed by atoms with van der Waals surface area (Å²) in [5.74, 6) is -0.989. The maximum absolute atomic E-state index is 13.0. The molecule has 6 nitrogen and oxygen atoms in total. The summed E-state index contributed by atoms with van der Waals surface area (Å²) in [5, 5.41) is 2.65. The number of rotatable bonds is 4. The molecule has 1 aliphatic heterocycles. The third-order valence-corrected chi connectivity index (χ3v) is 4.50. The van der Waals surface area contributed by atoms with Crippen LogP contribution in [-0.2, 0) is 9.59 Å². The van der Waals surface area contributed by atoms with Crippen LogP contribution in [0.15, 0.2) is 42.0 Å². The first-order valence-corrected chi connectivity index (χ1v) is 9.10. The molecule has 2 aromatic carbocycles. The van der Waals surface area contributed by atoms with Crippen molar-refractivity contribution >= 4 is 41.2 Å². The van der Waals surface area contributed by atoms with Crippen molar-refractivity contribution in [3.8, 4) is 5.75 Å². The minimum Gasteiger partial charge on any atom is -0.493 e. The molecule has 2 aromatic rings. The van der Waals surface area contributed by atoms with Gasteiger partial charge < -0.3 is 4.74 Å². The molecule has 1 saturated heterocycles. The van der Waals surface area contributed by atoms with Crippen LogP contribution in [0, 0.1) is 13.8 Å². The van der Waals surface area contributed by atoms with Gasteiger partial charge in [0.05, 0.1) is 12.3 Å². The van der Waals surface area contributed by atoms with Crippen LogP contribution in [-0.4, -0.2) is 24.5 Å². The third kappa shape index (κ3) is 3.77. The Bertz CT molecular complexity index is 1010. The molecule has 7 heteroatoms. The fourth-order valence-corrected chi connectivity index (χ4v) is 3.19. The number of amides is 4. The highest BCUT2D eigenvalue weighted by Gasteiger charge is 2.37. The highest BCUT2D eigenvalue weighted by atomic mass is 35.5. The predicted molar refractivity (Wildman–Crippen MR) is 108 cm³/mol. The lowest BCUT2D eigenvalue weighted by Gasteiger charge is -2.27. The smallest absolute Gasteiger partial charge is 0.335 e. The lowest BCUT2D eigenvalue weighted by Crippen LogP contribution is -2.54. The number of urea groups is 1. The summed E-state index contributed by atoms with van der Waals surface area (Å²) < 4.78 is 5.54. The number of benzene rings is 2.